The van der Waals surface area contributed by atoms with Gasteiger partial charge in [-0.1, -0.05) is 5.16 Å². The maximum atomic E-state index is 13.3. The fourth-order valence-corrected chi connectivity index (χ4v) is 3.50. The van der Waals surface area contributed by atoms with E-state index in [9.17, 15) is 4.79 Å². The third-order valence-corrected chi connectivity index (χ3v) is 4.60. The van der Waals surface area contributed by atoms with Gasteiger partial charge in [-0.15, -0.1) is 0 Å². The van der Waals surface area contributed by atoms with Crippen molar-refractivity contribution in [1.29, 1.82) is 0 Å². The second kappa shape index (κ2) is 5.91. The summed E-state index contributed by atoms with van der Waals surface area (Å²) in [7, 11) is 0. The van der Waals surface area contributed by atoms with Crippen LogP contribution < -0.4 is 0 Å². The van der Waals surface area contributed by atoms with Crippen molar-refractivity contribution in [2.24, 2.45) is 0 Å². The maximum absolute atomic E-state index is 13.3. The van der Waals surface area contributed by atoms with E-state index in [0.717, 1.165) is 29.9 Å². The van der Waals surface area contributed by atoms with E-state index < -0.39 is 0 Å². The molecule has 0 N–H and O–H groups in total. The number of aryl methyl sites for hydroxylation is 3. The molecule has 128 valence electrons. The molecule has 0 unspecified atom stereocenters. The number of amides is 1. The van der Waals surface area contributed by atoms with E-state index in [-0.39, 0.29) is 11.9 Å². The quantitative estimate of drug-likeness (QED) is 0.715. The second-order valence-electron chi connectivity index (χ2n) is 6.50. The summed E-state index contributed by atoms with van der Waals surface area (Å²) in [4.78, 5) is 28.3. The largest absolute Gasteiger partial charge is 0.336 e. The molecule has 3 aromatic heterocycles. The highest BCUT2D eigenvalue weighted by Crippen LogP contribution is 2.33. The Morgan fingerprint density at radius 1 is 1.20 bits per heavy atom. The Bertz CT molecular complexity index is 965. The molecule has 1 fully saturated rings. The van der Waals surface area contributed by atoms with Crippen LogP contribution in [0.3, 0.4) is 0 Å². The van der Waals surface area contributed by atoms with Crippen LogP contribution in [0.4, 0.5) is 0 Å². The number of pyridine rings is 1. The summed E-state index contributed by atoms with van der Waals surface area (Å²) in [5.74, 6) is -0.0346. The zero-order valence-corrected chi connectivity index (χ0v) is 14.5. The lowest BCUT2D eigenvalue weighted by molar-refractivity contribution is 0.0734. The Morgan fingerprint density at radius 3 is 2.84 bits per heavy atom. The zero-order valence-electron chi connectivity index (χ0n) is 14.5. The molecule has 0 bridgehead atoms. The minimum Gasteiger partial charge on any atom is -0.336 e. The van der Waals surface area contributed by atoms with E-state index in [1.54, 1.807) is 12.4 Å². The number of rotatable bonds is 2. The van der Waals surface area contributed by atoms with E-state index >= 15 is 0 Å². The lowest BCUT2D eigenvalue weighted by Gasteiger charge is -2.24. The molecule has 3 aromatic rings. The maximum Gasteiger partial charge on any atom is 0.258 e. The first-order valence-corrected chi connectivity index (χ1v) is 8.37. The van der Waals surface area contributed by atoms with Crippen LogP contribution in [0.2, 0.25) is 0 Å². The minimum absolute atomic E-state index is 0.0346. The molecule has 0 aromatic carbocycles. The van der Waals surface area contributed by atoms with Gasteiger partial charge in [0.25, 0.3) is 11.6 Å². The molecule has 1 amide bonds. The monoisotopic (exact) mass is 337 g/mol. The number of hydrogen-bond donors (Lipinski definition) is 0. The lowest BCUT2D eigenvalue weighted by atomic mass is 10.1. The van der Waals surface area contributed by atoms with Crippen molar-refractivity contribution in [2.45, 2.75) is 39.7 Å². The van der Waals surface area contributed by atoms with Gasteiger partial charge in [0.1, 0.15) is 0 Å². The Morgan fingerprint density at radius 2 is 2.04 bits per heavy atom. The molecule has 1 saturated heterocycles. The second-order valence-corrected chi connectivity index (χ2v) is 6.50. The van der Waals surface area contributed by atoms with Gasteiger partial charge in [-0.05, 0) is 39.7 Å². The highest BCUT2D eigenvalue weighted by Gasteiger charge is 2.33. The first-order chi connectivity index (χ1) is 12.0. The number of nitrogens with zero attached hydrogens (tertiary/aromatic N) is 5. The van der Waals surface area contributed by atoms with Crippen molar-refractivity contribution in [3.63, 3.8) is 0 Å². The Kier molecular flexibility index (Phi) is 3.71. The standard InChI is InChI=1S/C18H19N5O2/c1-10-7-13(16-12(3)22-25-17(16)21-10)18(24)23-6-4-5-15(23)14-9-19-8-11(2)20-14/h7-9,15H,4-6H2,1-3H3/t15-/m0/s1. The van der Waals surface area contributed by atoms with Gasteiger partial charge < -0.3 is 9.42 Å². The van der Waals surface area contributed by atoms with Crippen molar-refractivity contribution in [3.05, 3.63) is 46.8 Å². The molecule has 1 aliphatic rings. The SMILES string of the molecule is Cc1cncc([C@@H]2CCCN2C(=O)c2cc(C)nc3onc(C)c23)n1. The van der Waals surface area contributed by atoms with Crippen LogP contribution in [0.25, 0.3) is 11.1 Å². The average Bonchev–Trinajstić information content (AvgIpc) is 3.21. The fraction of sp³-hybridized carbons (Fsp3) is 0.389. The van der Waals surface area contributed by atoms with Crippen molar-refractivity contribution in [3.8, 4) is 0 Å². The molecule has 0 radical (unpaired) electrons. The van der Waals surface area contributed by atoms with Gasteiger partial charge in [0.15, 0.2) is 0 Å². The number of carbonyl (C=O) groups excluding carboxylic acids is 1. The van der Waals surface area contributed by atoms with Gasteiger partial charge in [0, 0.05) is 18.4 Å². The van der Waals surface area contributed by atoms with Crippen molar-refractivity contribution in [1.82, 2.24) is 25.0 Å². The molecule has 7 heteroatoms. The van der Waals surface area contributed by atoms with E-state index in [1.165, 1.54) is 0 Å². The summed E-state index contributed by atoms with van der Waals surface area (Å²) in [6, 6.07) is 1.76. The Balaban J connectivity index is 1.77. The van der Waals surface area contributed by atoms with E-state index in [1.807, 2.05) is 31.7 Å². The summed E-state index contributed by atoms with van der Waals surface area (Å²) in [5.41, 5.74) is 4.11. The Hall–Kier alpha value is -2.83. The molecular formula is C18H19N5O2. The molecular weight excluding hydrogens is 318 g/mol. The van der Waals surface area contributed by atoms with Gasteiger partial charge in [-0.3, -0.25) is 14.8 Å². The third-order valence-electron chi connectivity index (χ3n) is 4.60. The van der Waals surface area contributed by atoms with Crippen LogP contribution in [-0.2, 0) is 0 Å². The third kappa shape index (κ3) is 2.65. The first-order valence-electron chi connectivity index (χ1n) is 8.37. The molecule has 25 heavy (non-hydrogen) atoms. The summed E-state index contributed by atoms with van der Waals surface area (Å²) >= 11 is 0. The van der Waals surface area contributed by atoms with Crippen LogP contribution in [0.1, 0.15) is 52.0 Å². The molecule has 7 nitrogen and oxygen atoms in total. The molecule has 4 heterocycles. The average molecular weight is 337 g/mol. The van der Waals surface area contributed by atoms with Crippen LogP contribution in [0.15, 0.2) is 23.0 Å². The van der Waals surface area contributed by atoms with Gasteiger partial charge in [-0.2, -0.15) is 0 Å². The van der Waals surface area contributed by atoms with Crippen LogP contribution in [0.5, 0.6) is 0 Å². The number of aromatic nitrogens is 4. The first kappa shape index (κ1) is 15.7. The predicted molar refractivity (Wildman–Crippen MR) is 91.1 cm³/mol. The molecule has 4 rings (SSSR count). The van der Waals surface area contributed by atoms with E-state index in [4.69, 9.17) is 4.52 Å². The normalized spacial score (nSPS) is 17.4. The summed E-state index contributed by atoms with van der Waals surface area (Å²) in [5, 5.41) is 4.66. The van der Waals surface area contributed by atoms with Crippen LogP contribution in [-0.4, -0.2) is 37.5 Å². The number of fused-ring (bicyclic) bond motifs is 1. The van der Waals surface area contributed by atoms with E-state index in [2.05, 4.69) is 20.1 Å². The molecule has 0 saturated carbocycles. The highest BCUT2D eigenvalue weighted by atomic mass is 16.5. The smallest absolute Gasteiger partial charge is 0.258 e. The highest BCUT2D eigenvalue weighted by molar-refractivity contribution is 6.06. The number of carbonyl (C=O) groups is 1. The summed E-state index contributed by atoms with van der Waals surface area (Å²) < 4.78 is 5.26. The molecule has 0 spiro atoms. The topological polar surface area (TPSA) is 85.0 Å². The molecule has 1 atom stereocenters. The number of likely N-dealkylation sites (tertiary alicyclic amines) is 1. The Labute approximate surface area is 145 Å². The lowest BCUT2D eigenvalue weighted by Crippen LogP contribution is -2.31. The zero-order chi connectivity index (χ0) is 17.6. The summed E-state index contributed by atoms with van der Waals surface area (Å²) in [6.45, 7) is 6.29. The van der Waals surface area contributed by atoms with E-state index in [0.29, 0.717) is 28.9 Å². The van der Waals surface area contributed by atoms with Crippen molar-refractivity contribution >= 4 is 17.0 Å². The van der Waals surface area contributed by atoms with Crippen molar-refractivity contribution in [2.75, 3.05) is 6.54 Å². The van der Waals surface area contributed by atoms with Crippen molar-refractivity contribution < 1.29 is 9.32 Å². The summed E-state index contributed by atoms with van der Waals surface area (Å²) in [6.07, 6.45) is 5.31. The molecule has 0 aliphatic carbocycles. The predicted octanol–water partition coefficient (Wildman–Crippen LogP) is 2.92. The van der Waals surface area contributed by atoms with Gasteiger partial charge >= 0.3 is 0 Å². The molecule has 1 aliphatic heterocycles. The van der Waals surface area contributed by atoms with Gasteiger partial charge in [0.2, 0.25) is 0 Å². The van der Waals surface area contributed by atoms with Crippen LogP contribution >= 0.6 is 0 Å². The minimum atomic E-state index is -0.0522. The fourth-order valence-electron chi connectivity index (χ4n) is 3.50. The van der Waals surface area contributed by atoms with Gasteiger partial charge in [-0.25, -0.2) is 4.98 Å². The number of hydrogen-bond acceptors (Lipinski definition) is 6. The van der Waals surface area contributed by atoms with Gasteiger partial charge in [0.05, 0.1) is 40.3 Å². The van der Waals surface area contributed by atoms with Crippen LogP contribution in [0, 0.1) is 20.8 Å².